The molecule has 0 atom stereocenters. The number of aryl methyl sites for hydroxylation is 2. The van der Waals surface area contributed by atoms with Crippen LogP contribution in [0.1, 0.15) is 23.6 Å². The monoisotopic (exact) mass is 365 g/mol. The predicted molar refractivity (Wildman–Crippen MR) is 101 cm³/mol. The lowest BCUT2D eigenvalue weighted by Gasteiger charge is -2.32. The fraction of sp³-hybridized carbons (Fsp3) is 0.286. The number of benzene rings is 2. The molecule has 6 heteroatoms. The first-order chi connectivity index (χ1) is 13.1. The molecule has 138 valence electrons. The van der Waals surface area contributed by atoms with Crippen molar-refractivity contribution in [1.82, 2.24) is 0 Å². The summed E-state index contributed by atoms with van der Waals surface area (Å²) in [6.07, 6.45) is 0.771. The van der Waals surface area contributed by atoms with Crippen LogP contribution in [0.15, 0.2) is 39.5 Å². The molecule has 5 rings (SSSR count). The summed E-state index contributed by atoms with van der Waals surface area (Å²) in [4.78, 5) is 14.0. The van der Waals surface area contributed by atoms with Crippen molar-refractivity contribution < 1.29 is 18.6 Å². The highest BCUT2D eigenvalue weighted by Gasteiger charge is 2.24. The Kier molecular flexibility index (Phi) is 3.53. The van der Waals surface area contributed by atoms with Crippen LogP contribution in [0.4, 0.5) is 5.69 Å². The zero-order chi connectivity index (χ0) is 18.5. The minimum absolute atomic E-state index is 0.258. The molecule has 0 spiro atoms. The maximum atomic E-state index is 11.9. The third-order valence-corrected chi connectivity index (χ3v) is 5.20. The van der Waals surface area contributed by atoms with Crippen molar-refractivity contribution in [2.45, 2.75) is 26.8 Å². The molecular formula is C21H19NO5. The molecule has 0 aliphatic carbocycles. The van der Waals surface area contributed by atoms with E-state index in [9.17, 15) is 4.79 Å². The summed E-state index contributed by atoms with van der Waals surface area (Å²) in [5, 5.41) is 0.976. The van der Waals surface area contributed by atoms with Crippen LogP contribution in [0.25, 0.3) is 11.0 Å². The molecule has 0 amide bonds. The lowest BCUT2D eigenvalue weighted by atomic mass is 9.99. The Morgan fingerprint density at radius 1 is 1.07 bits per heavy atom. The van der Waals surface area contributed by atoms with Crippen molar-refractivity contribution in [3.63, 3.8) is 0 Å². The van der Waals surface area contributed by atoms with E-state index in [-0.39, 0.29) is 12.4 Å². The fourth-order valence-electron chi connectivity index (χ4n) is 3.82. The van der Waals surface area contributed by atoms with Gasteiger partial charge in [-0.05, 0) is 37.1 Å². The van der Waals surface area contributed by atoms with E-state index < -0.39 is 0 Å². The van der Waals surface area contributed by atoms with Gasteiger partial charge in [-0.2, -0.15) is 0 Å². The molecule has 0 saturated carbocycles. The minimum atomic E-state index is -0.319. The number of rotatable bonds is 2. The average Bonchev–Trinajstić information content (AvgIpc) is 3.15. The number of anilines is 1. The van der Waals surface area contributed by atoms with Crippen LogP contribution in [0.3, 0.4) is 0 Å². The second-order valence-corrected chi connectivity index (χ2v) is 6.82. The second kappa shape index (κ2) is 5.94. The normalized spacial score (nSPS) is 15.0. The molecule has 0 N–H and O–H groups in total. The number of ether oxygens (including phenoxy) is 3. The van der Waals surface area contributed by atoms with Gasteiger partial charge in [0.1, 0.15) is 11.3 Å². The van der Waals surface area contributed by atoms with E-state index in [0.29, 0.717) is 18.9 Å². The number of hydrogen-bond acceptors (Lipinski definition) is 6. The quantitative estimate of drug-likeness (QED) is 0.645. The van der Waals surface area contributed by atoms with Crippen LogP contribution in [-0.4, -0.2) is 13.5 Å². The lowest BCUT2D eigenvalue weighted by molar-refractivity contribution is 0.174. The Hall–Kier alpha value is -3.15. The first kappa shape index (κ1) is 16.1. The van der Waals surface area contributed by atoms with Gasteiger partial charge in [-0.3, -0.25) is 0 Å². The van der Waals surface area contributed by atoms with Crippen molar-refractivity contribution in [3.05, 3.63) is 57.4 Å². The van der Waals surface area contributed by atoms with Gasteiger partial charge in [0.05, 0.1) is 0 Å². The highest BCUT2D eigenvalue weighted by molar-refractivity contribution is 5.86. The Labute approximate surface area is 155 Å². The molecule has 2 aromatic carbocycles. The van der Waals surface area contributed by atoms with E-state index in [1.807, 2.05) is 32.0 Å². The van der Waals surface area contributed by atoms with Gasteiger partial charge < -0.3 is 23.5 Å². The zero-order valence-corrected chi connectivity index (χ0v) is 15.2. The number of nitrogens with zero attached hydrogens (tertiary/aromatic N) is 1. The van der Waals surface area contributed by atoms with E-state index in [1.54, 1.807) is 6.07 Å². The van der Waals surface area contributed by atoms with Crippen molar-refractivity contribution in [2.75, 3.05) is 18.4 Å². The van der Waals surface area contributed by atoms with Gasteiger partial charge in [-0.1, -0.05) is 6.92 Å². The van der Waals surface area contributed by atoms with E-state index >= 15 is 0 Å². The molecule has 0 unspecified atom stereocenters. The van der Waals surface area contributed by atoms with E-state index in [2.05, 4.69) is 11.0 Å². The van der Waals surface area contributed by atoms with E-state index in [1.165, 1.54) is 0 Å². The average molecular weight is 365 g/mol. The second-order valence-electron chi connectivity index (χ2n) is 6.82. The van der Waals surface area contributed by atoms with Crippen LogP contribution in [0, 0.1) is 6.92 Å². The Morgan fingerprint density at radius 2 is 1.93 bits per heavy atom. The van der Waals surface area contributed by atoms with Crippen LogP contribution >= 0.6 is 0 Å². The summed E-state index contributed by atoms with van der Waals surface area (Å²) in [5.41, 5.74) is 4.26. The molecule has 0 bridgehead atoms. The van der Waals surface area contributed by atoms with Crippen LogP contribution in [-0.2, 0) is 13.0 Å². The Morgan fingerprint density at radius 3 is 2.78 bits per heavy atom. The standard InChI is InChI=1S/C21H19NO5/c1-3-13-7-19(23)27-21-12(2)20-14(6-16(13)21)9-22(10-24-20)15-4-5-17-18(8-15)26-11-25-17/h4-8H,3,9-11H2,1-2H3. The summed E-state index contributed by atoms with van der Waals surface area (Å²) >= 11 is 0. The van der Waals surface area contributed by atoms with Crippen LogP contribution in [0.5, 0.6) is 17.2 Å². The third-order valence-electron chi connectivity index (χ3n) is 5.20. The summed E-state index contributed by atoms with van der Waals surface area (Å²) in [7, 11) is 0. The molecule has 2 aliphatic rings. The predicted octanol–water partition coefficient (Wildman–Crippen LogP) is 3.75. The van der Waals surface area contributed by atoms with Gasteiger partial charge in [-0.15, -0.1) is 0 Å². The van der Waals surface area contributed by atoms with Crippen LogP contribution in [0.2, 0.25) is 0 Å². The van der Waals surface area contributed by atoms with Gasteiger partial charge in [0.25, 0.3) is 0 Å². The van der Waals surface area contributed by atoms with Crippen molar-refractivity contribution in [1.29, 1.82) is 0 Å². The molecule has 3 heterocycles. The first-order valence-corrected chi connectivity index (χ1v) is 9.00. The molecule has 0 radical (unpaired) electrons. The van der Waals surface area contributed by atoms with E-state index in [0.717, 1.165) is 51.4 Å². The van der Waals surface area contributed by atoms with Crippen molar-refractivity contribution >= 4 is 16.7 Å². The third kappa shape index (κ3) is 2.51. The van der Waals surface area contributed by atoms with Crippen molar-refractivity contribution in [3.8, 4) is 17.2 Å². The number of hydrogen-bond donors (Lipinski definition) is 0. The Bertz CT molecular complexity index is 1120. The SMILES string of the molecule is CCc1cc(=O)oc2c(C)c3c(cc12)CN(c1ccc2c(c1)OCO2)CO3. The number of fused-ring (bicyclic) bond motifs is 3. The molecule has 0 fully saturated rings. The molecule has 3 aromatic rings. The van der Waals surface area contributed by atoms with Gasteiger partial charge in [-0.25, -0.2) is 4.79 Å². The zero-order valence-electron chi connectivity index (χ0n) is 15.2. The van der Waals surface area contributed by atoms with Gasteiger partial charge in [0.15, 0.2) is 18.2 Å². The molecule has 27 heavy (non-hydrogen) atoms. The van der Waals surface area contributed by atoms with Gasteiger partial charge in [0, 0.05) is 40.9 Å². The molecular weight excluding hydrogens is 346 g/mol. The first-order valence-electron chi connectivity index (χ1n) is 9.00. The van der Waals surface area contributed by atoms with Gasteiger partial charge >= 0.3 is 5.63 Å². The topological polar surface area (TPSA) is 61.1 Å². The fourth-order valence-corrected chi connectivity index (χ4v) is 3.82. The van der Waals surface area contributed by atoms with E-state index in [4.69, 9.17) is 18.6 Å². The maximum absolute atomic E-state index is 11.9. The summed E-state index contributed by atoms with van der Waals surface area (Å²) < 4.78 is 22.4. The summed E-state index contributed by atoms with van der Waals surface area (Å²) in [6, 6.07) is 9.56. The molecule has 1 aromatic heterocycles. The van der Waals surface area contributed by atoms with Crippen molar-refractivity contribution in [2.24, 2.45) is 0 Å². The summed E-state index contributed by atoms with van der Waals surface area (Å²) in [6.45, 7) is 5.36. The highest BCUT2D eigenvalue weighted by Crippen LogP contribution is 2.39. The largest absolute Gasteiger partial charge is 0.472 e. The molecule has 6 nitrogen and oxygen atoms in total. The summed E-state index contributed by atoms with van der Waals surface area (Å²) in [5.74, 6) is 2.32. The van der Waals surface area contributed by atoms with Crippen LogP contribution < -0.4 is 24.7 Å². The molecule has 0 saturated heterocycles. The lowest BCUT2D eigenvalue weighted by Crippen LogP contribution is -2.32. The van der Waals surface area contributed by atoms with Gasteiger partial charge in [0.2, 0.25) is 6.79 Å². The minimum Gasteiger partial charge on any atom is -0.472 e. The smallest absolute Gasteiger partial charge is 0.336 e. The molecule has 2 aliphatic heterocycles. The highest BCUT2D eigenvalue weighted by atomic mass is 16.7. The Balaban J connectivity index is 1.58. The maximum Gasteiger partial charge on any atom is 0.336 e.